The van der Waals surface area contributed by atoms with Gasteiger partial charge in [0.1, 0.15) is 0 Å². The van der Waals surface area contributed by atoms with E-state index in [0.29, 0.717) is 11.5 Å². The Labute approximate surface area is 139 Å². The van der Waals surface area contributed by atoms with E-state index in [0.717, 1.165) is 6.42 Å². The SMILES string of the molecule is CC(C)(C)Cc1ccccc1.CC(OC(C)(C)C)C(C)(C)C. The highest BCUT2D eigenvalue weighted by molar-refractivity contribution is 5.15. The molecule has 0 radical (unpaired) electrons. The molecule has 0 N–H and O–H groups in total. The molecule has 0 saturated heterocycles. The fourth-order valence-electron chi connectivity index (χ4n) is 1.92. The predicted octanol–water partition coefficient (Wildman–Crippen LogP) is 6.51. The zero-order chi connectivity index (χ0) is 17.6. The third kappa shape index (κ3) is 11.8. The molecular formula is C21H38O. The molecule has 0 spiro atoms. The smallest absolute Gasteiger partial charge is 0.0602 e. The lowest BCUT2D eigenvalue weighted by Crippen LogP contribution is -2.34. The summed E-state index contributed by atoms with van der Waals surface area (Å²) in [6.07, 6.45) is 1.47. The van der Waals surface area contributed by atoms with E-state index < -0.39 is 0 Å². The highest BCUT2D eigenvalue weighted by Gasteiger charge is 2.25. The Morgan fingerprint density at radius 3 is 1.55 bits per heavy atom. The third-order valence-corrected chi connectivity index (χ3v) is 3.33. The minimum atomic E-state index is -0.0211. The maximum Gasteiger partial charge on any atom is 0.0602 e. The summed E-state index contributed by atoms with van der Waals surface area (Å²) in [6, 6.07) is 10.6. The highest BCUT2D eigenvalue weighted by atomic mass is 16.5. The predicted molar refractivity (Wildman–Crippen MR) is 99.4 cm³/mol. The summed E-state index contributed by atoms with van der Waals surface area (Å²) in [7, 11) is 0. The third-order valence-electron chi connectivity index (χ3n) is 3.33. The molecule has 0 bridgehead atoms. The van der Waals surface area contributed by atoms with E-state index in [1.807, 2.05) is 0 Å². The van der Waals surface area contributed by atoms with Crippen LogP contribution in [0.25, 0.3) is 0 Å². The van der Waals surface area contributed by atoms with Crippen LogP contribution in [0.1, 0.15) is 74.8 Å². The van der Waals surface area contributed by atoms with E-state index in [9.17, 15) is 0 Å². The van der Waals surface area contributed by atoms with Crippen LogP contribution in [-0.2, 0) is 11.2 Å². The van der Waals surface area contributed by atoms with Crippen LogP contribution in [0.15, 0.2) is 30.3 Å². The van der Waals surface area contributed by atoms with Gasteiger partial charge in [0, 0.05) is 0 Å². The number of rotatable bonds is 2. The highest BCUT2D eigenvalue weighted by Crippen LogP contribution is 2.25. The summed E-state index contributed by atoms with van der Waals surface area (Å²) in [5, 5.41) is 0. The van der Waals surface area contributed by atoms with E-state index in [-0.39, 0.29) is 11.0 Å². The molecule has 128 valence electrons. The largest absolute Gasteiger partial charge is 0.372 e. The first kappa shape index (κ1) is 21.2. The van der Waals surface area contributed by atoms with Crippen LogP contribution in [0.4, 0.5) is 0 Å². The number of hydrogen-bond donors (Lipinski definition) is 0. The summed E-state index contributed by atoms with van der Waals surface area (Å²) in [6.45, 7) is 21.8. The Morgan fingerprint density at radius 2 is 1.27 bits per heavy atom. The van der Waals surface area contributed by atoms with Crippen LogP contribution >= 0.6 is 0 Å². The molecule has 0 aliphatic rings. The second-order valence-electron chi connectivity index (χ2n) is 9.46. The van der Waals surface area contributed by atoms with E-state index in [1.165, 1.54) is 5.56 Å². The topological polar surface area (TPSA) is 9.23 Å². The molecule has 0 amide bonds. The van der Waals surface area contributed by atoms with Gasteiger partial charge in [-0.2, -0.15) is 0 Å². The first-order chi connectivity index (χ1) is 9.71. The van der Waals surface area contributed by atoms with Gasteiger partial charge in [-0.15, -0.1) is 0 Å². The van der Waals surface area contributed by atoms with Crippen molar-refractivity contribution in [1.82, 2.24) is 0 Å². The van der Waals surface area contributed by atoms with Gasteiger partial charge in [-0.25, -0.2) is 0 Å². The maximum absolute atomic E-state index is 5.80. The maximum atomic E-state index is 5.80. The van der Waals surface area contributed by atoms with Crippen molar-refractivity contribution in [1.29, 1.82) is 0 Å². The van der Waals surface area contributed by atoms with Gasteiger partial charge in [0.2, 0.25) is 0 Å². The van der Waals surface area contributed by atoms with E-state index >= 15 is 0 Å². The number of hydrogen-bond acceptors (Lipinski definition) is 1. The Balaban J connectivity index is 0.000000401. The average molecular weight is 307 g/mol. The molecule has 1 rings (SSSR count). The molecule has 1 nitrogen and oxygen atoms in total. The van der Waals surface area contributed by atoms with E-state index in [1.54, 1.807) is 0 Å². The molecule has 0 aliphatic carbocycles. The van der Waals surface area contributed by atoms with Crippen molar-refractivity contribution in [2.45, 2.75) is 87.4 Å². The van der Waals surface area contributed by atoms with Crippen LogP contribution in [0.5, 0.6) is 0 Å². The molecule has 1 aromatic rings. The summed E-state index contributed by atoms with van der Waals surface area (Å²) < 4.78 is 5.80. The first-order valence-electron chi connectivity index (χ1n) is 8.42. The summed E-state index contributed by atoms with van der Waals surface area (Å²) in [5.74, 6) is 0. The Morgan fingerprint density at radius 1 is 0.818 bits per heavy atom. The quantitative estimate of drug-likeness (QED) is 0.605. The Hall–Kier alpha value is -0.820. The average Bonchev–Trinajstić information content (AvgIpc) is 2.25. The normalized spacial score (nSPS) is 14.1. The fourth-order valence-corrected chi connectivity index (χ4v) is 1.92. The van der Waals surface area contributed by atoms with Crippen molar-refractivity contribution in [3.8, 4) is 0 Å². The van der Waals surface area contributed by atoms with Crippen molar-refractivity contribution in [2.24, 2.45) is 10.8 Å². The molecule has 1 aromatic carbocycles. The molecule has 0 saturated carbocycles. The summed E-state index contributed by atoms with van der Waals surface area (Å²) in [4.78, 5) is 0. The minimum Gasteiger partial charge on any atom is -0.372 e. The lowest BCUT2D eigenvalue weighted by atomic mass is 9.88. The molecule has 1 atom stereocenters. The van der Waals surface area contributed by atoms with Gasteiger partial charge in [0.25, 0.3) is 0 Å². The van der Waals surface area contributed by atoms with Crippen LogP contribution in [0.2, 0.25) is 0 Å². The van der Waals surface area contributed by atoms with Crippen molar-refractivity contribution in [3.05, 3.63) is 35.9 Å². The van der Waals surface area contributed by atoms with Gasteiger partial charge in [-0.3, -0.25) is 0 Å². The van der Waals surface area contributed by atoms with Gasteiger partial charge in [-0.05, 0) is 50.5 Å². The number of benzene rings is 1. The molecular weight excluding hydrogens is 268 g/mol. The van der Waals surface area contributed by atoms with Crippen molar-refractivity contribution >= 4 is 0 Å². The van der Waals surface area contributed by atoms with Crippen LogP contribution in [0.3, 0.4) is 0 Å². The Bertz CT molecular complexity index is 398. The molecule has 1 unspecified atom stereocenters. The van der Waals surface area contributed by atoms with Gasteiger partial charge < -0.3 is 4.74 Å². The molecule has 0 aliphatic heterocycles. The summed E-state index contributed by atoms with van der Waals surface area (Å²) >= 11 is 0. The van der Waals surface area contributed by atoms with Gasteiger partial charge >= 0.3 is 0 Å². The molecule has 0 aromatic heterocycles. The molecule has 0 heterocycles. The zero-order valence-corrected chi connectivity index (χ0v) is 16.6. The van der Waals surface area contributed by atoms with Crippen molar-refractivity contribution in [3.63, 3.8) is 0 Å². The second-order valence-corrected chi connectivity index (χ2v) is 9.46. The standard InChI is InChI=1S/C11H16.C10H22O/c1-11(2,3)9-10-7-5-4-6-8-10;1-8(9(2,3)4)11-10(5,6)7/h4-8H,9H2,1-3H3;8H,1-7H3. The zero-order valence-electron chi connectivity index (χ0n) is 16.6. The molecule has 0 fully saturated rings. The summed E-state index contributed by atoms with van der Waals surface area (Å²) in [5.41, 5.74) is 2.06. The van der Waals surface area contributed by atoms with Gasteiger partial charge in [-0.1, -0.05) is 71.9 Å². The van der Waals surface area contributed by atoms with Crippen molar-refractivity contribution in [2.75, 3.05) is 0 Å². The molecule has 22 heavy (non-hydrogen) atoms. The van der Waals surface area contributed by atoms with Crippen LogP contribution in [0, 0.1) is 10.8 Å². The van der Waals surface area contributed by atoms with Gasteiger partial charge in [0.15, 0.2) is 0 Å². The Kier molecular flexibility index (Phi) is 7.85. The first-order valence-corrected chi connectivity index (χ1v) is 8.42. The van der Waals surface area contributed by atoms with E-state index in [4.69, 9.17) is 4.74 Å². The molecule has 1 heteroatoms. The minimum absolute atomic E-state index is 0.0211. The van der Waals surface area contributed by atoms with E-state index in [2.05, 4.69) is 99.6 Å². The van der Waals surface area contributed by atoms with Crippen LogP contribution < -0.4 is 0 Å². The second kappa shape index (κ2) is 8.15. The lowest BCUT2D eigenvalue weighted by molar-refractivity contribution is -0.0948. The van der Waals surface area contributed by atoms with Gasteiger partial charge in [0.05, 0.1) is 11.7 Å². The lowest BCUT2D eigenvalue weighted by Gasteiger charge is -2.33. The number of ether oxygens (including phenoxy) is 1. The van der Waals surface area contributed by atoms with Crippen LogP contribution in [-0.4, -0.2) is 11.7 Å². The fraction of sp³-hybridized carbons (Fsp3) is 0.714. The van der Waals surface area contributed by atoms with Crippen molar-refractivity contribution < 1.29 is 4.74 Å². The monoisotopic (exact) mass is 306 g/mol.